The highest BCUT2D eigenvalue weighted by atomic mass is 16.1. The van der Waals surface area contributed by atoms with E-state index in [1.165, 1.54) is 5.57 Å². The van der Waals surface area contributed by atoms with Crippen molar-refractivity contribution in [3.05, 3.63) is 11.6 Å². The highest BCUT2D eigenvalue weighted by Crippen LogP contribution is 2.44. The molecule has 0 amide bonds. The molecular weight excluding hydrogens is 100 g/mol. The van der Waals surface area contributed by atoms with E-state index < -0.39 is 0 Å². The Morgan fingerprint density at radius 2 is 2.38 bits per heavy atom. The van der Waals surface area contributed by atoms with Gasteiger partial charge in [-0.15, -0.1) is 0 Å². The fourth-order valence-electron chi connectivity index (χ4n) is 0.941. The molecule has 0 bridgehead atoms. The summed E-state index contributed by atoms with van der Waals surface area (Å²) in [6.45, 7) is 4.03. The van der Waals surface area contributed by atoms with Crippen LogP contribution in [-0.4, -0.2) is 6.29 Å². The van der Waals surface area contributed by atoms with Crippen LogP contribution in [-0.2, 0) is 4.79 Å². The minimum absolute atomic E-state index is 0.0972. The molecule has 1 nitrogen and oxygen atoms in total. The van der Waals surface area contributed by atoms with Gasteiger partial charge in [-0.25, -0.2) is 0 Å². The molecule has 1 aliphatic carbocycles. The molecule has 1 aliphatic rings. The van der Waals surface area contributed by atoms with Crippen molar-refractivity contribution in [2.75, 3.05) is 0 Å². The molecule has 0 saturated carbocycles. The topological polar surface area (TPSA) is 17.1 Å². The van der Waals surface area contributed by atoms with Crippen LogP contribution in [0.1, 0.15) is 20.3 Å². The average molecular weight is 110 g/mol. The van der Waals surface area contributed by atoms with Gasteiger partial charge in [0.1, 0.15) is 6.29 Å². The quantitative estimate of drug-likeness (QED) is 0.389. The summed E-state index contributed by atoms with van der Waals surface area (Å²) >= 11 is 0. The Balaban J connectivity index is 2.56. The molecule has 1 unspecified atom stereocenters. The predicted molar refractivity (Wildman–Crippen MR) is 32.5 cm³/mol. The van der Waals surface area contributed by atoms with E-state index in [0.29, 0.717) is 0 Å². The first-order valence-corrected chi connectivity index (χ1v) is 2.91. The second-order valence-corrected chi connectivity index (χ2v) is 2.34. The second kappa shape index (κ2) is 1.44. The summed E-state index contributed by atoms with van der Waals surface area (Å²) in [5.74, 6) is 0. The highest BCUT2D eigenvalue weighted by molar-refractivity contribution is 5.75. The molecule has 1 atom stereocenters. The average Bonchev–Trinajstić information content (AvgIpc) is 2.43. The first kappa shape index (κ1) is 5.54. The molecule has 0 aromatic carbocycles. The lowest BCUT2D eigenvalue weighted by molar-refractivity contribution is -0.111. The van der Waals surface area contributed by atoms with Crippen molar-refractivity contribution in [2.24, 2.45) is 5.41 Å². The van der Waals surface area contributed by atoms with Crippen LogP contribution in [0.15, 0.2) is 11.6 Å². The molecule has 1 rings (SSSR count). The van der Waals surface area contributed by atoms with E-state index in [1.807, 2.05) is 19.9 Å². The molecule has 0 radical (unpaired) electrons. The molecule has 1 heteroatoms. The molecule has 0 aliphatic heterocycles. The molecule has 0 saturated heterocycles. The van der Waals surface area contributed by atoms with Gasteiger partial charge in [-0.2, -0.15) is 0 Å². The van der Waals surface area contributed by atoms with Gasteiger partial charge in [0.2, 0.25) is 0 Å². The van der Waals surface area contributed by atoms with Crippen LogP contribution in [0.4, 0.5) is 0 Å². The van der Waals surface area contributed by atoms with Gasteiger partial charge >= 0.3 is 0 Å². The van der Waals surface area contributed by atoms with Gasteiger partial charge in [0.15, 0.2) is 0 Å². The number of rotatable bonds is 2. The Bertz CT molecular complexity index is 146. The van der Waals surface area contributed by atoms with Crippen LogP contribution in [0, 0.1) is 5.41 Å². The highest BCUT2D eigenvalue weighted by Gasteiger charge is 2.38. The molecule has 0 fully saturated rings. The number of allylic oxidation sites excluding steroid dienone is 2. The molecule has 0 N–H and O–H groups in total. The molecule has 44 valence electrons. The first-order valence-electron chi connectivity index (χ1n) is 2.91. The van der Waals surface area contributed by atoms with Crippen molar-refractivity contribution < 1.29 is 4.79 Å². The van der Waals surface area contributed by atoms with Crippen molar-refractivity contribution in [3.8, 4) is 0 Å². The van der Waals surface area contributed by atoms with Crippen molar-refractivity contribution >= 4 is 6.29 Å². The standard InChI is InChI=1S/C7H10O/c1-3-7(5-8)4-6(7)2/h4-5H,3H2,1-2H3. The van der Waals surface area contributed by atoms with Crippen LogP contribution in [0.5, 0.6) is 0 Å². The van der Waals surface area contributed by atoms with Gasteiger partial charge in [-0.05, 0) is 13.3 Å². The van der Waals surface area contributed by atoms with Gasteiger partial charge in [0.05, 0.1) is 5.41 Å². The molecule has 8 heavy (non-hydrogen) atoms. The minimum Gasteiger partial charge on any atom is -0.302 e. The number of carbonyl (C=O) groups excluding carboxylic acids is 1. The van der Waals surface area contributed by atoms with Gasteiger partial charge < -0.3 is 4.79 Å². The third kappa shape index (κ3) is 0.507. The van der Waals surface area contributed by atoms with Crippen molar-refractivity contribution in [1.82, 2.24) is 0 Å². The normalized spacial score (nSPS) is 34.0. The Morgan fingerprint density at radius 3 is 2.38 bits per heavy atom. The summed E-state index contributed by atoms with van der Waals surface area (Å²) in [6, 6.07) is 0. The zero-order valence-corrected chi connectivity index (χ0v) is 5.27. The summed E-state index contributed by atoms with van der Waals surface area (Å²) in [4.78, 5) is 10.3. The maximum absolute atomic E-state index is 10.3. The van der Waals surface area contributed by atoms with E-state index in [1.54, 1.807) is 0 Å². The summed E-state index contributed by atoms with van der Waals surface area (Å²) in [7, 11) is 0. The smallest absolute Gasteiger partial charge is 0.133 e. The number of hydrogen-bond acceptors (Lipinski definition) is 1. The zero-order valence-electron chi connectivity index (χ0n) is 5.27. The Morgan fingerprint density at radius 1 is 1.88 bits per heavy atom. The minimum atomic E-state index is -0.0972. The van der Waals surface area contributed by atoms with E-state index in [-0.39, 0.29) is 5.41 Å². The summed E-state index contributed by atoms with van der Waals surface area (Å²) in [5.41, 5.74) is 1.13. The summed E-state index contributed by atoms with van der Waals surface area (Å²) in [5, 5.41) is 0. The lowest BCUT2D eigenvalue weighted by atomic mass is 10.0. The fourth-order valence-corrected chi connectivity index (χ4v) is 0.941. The monoisotopic (exact) mass is 110 g/mol. The van der Waals surface area contributed by atoms with E-state index in [0.717, 1.165) is 12.7 Å². The van der Waals surface area contributed by atoms with E-state index in [4.69, 9.17) is 0 Å². The van der Waals surface area contributed by atoms with Gasteiger partial charge in [-0.1, -0.05) is 18.6 Å². The molecule has 0 aromatic heterocycles. The maximum Gasteiger partial charge on any atom is 0.133 e. The SMILES string of the molecule is CCC1(C=O)C=C1C. The summed E-state index contributed by atoms with van der Waals surface area (Å²) < 4.78 is 0. The zero-order chi connectivity index (χ0) is 6.20. The fraction of sp³-hybridized carbons (Fsp3) is 0.571. The van der Waals surface area contributed by atoms with Gasteiger partial charge in [0, 0.05) is 0 Å². The van der Waals surface area contributed by atoms with Crippen LogP contribution in [0.2, 0.25) is 0 Å². The largest absolute Gasteiger partial charge is 0.302 e. The van der Waals surface area contributed by atoms with Crippen LogP contribution in [0.25, 0.3) is 0 Å². The maximum atomic E-state index is 10.3. The van der Waals surface area contributed by atoms with Crippen LogP contribution < -0.4 is 0 Å². The summed E-state index contributed by atoms with van der Waals surface area (Å²) in [6.07, 6.45) is 3.98. The number of carbonyl (C=O) groups is 1. The molecule has 0 spiro atoms. The van der Waals surface area contributed by atoms with Gasteiger partial charge in [-0.3, -0.25) is 0 Å². The van der Waals surface area contributed by atoms with E-state index in [9.17, 15) is 4.79 Å². The second-order valence-electron chi connectivity index (χ2n) is 2.34. The third-order valence-electron chi connectivity index (χ3n) is 1.92. The van der Waals surface area contributed by atoms with Crippen LogP contribution >= 0.6 is 0 Å². The van der Waals surface area contributed by atoms with Crippen molar-refractivity contribution in [1.29, 1.82) is 0 Å². The third-order valence-corrected chi connectivity index (χ3v) is 1.92. The van der Waals surface area contributed by atoms with Crippen LogP contribution in [0.3, 0.4) is 0 Å². The molecule has 0 aromatic rings. The predicted octanol–water partition coefficient (Wildman–Crippen LogP) is 1.54. The van der Waals surface area contributed by atoms with Gasteiger partial charge in [0.25, 0.3) is 0 Å². The van der Waals surface area contributed by atoms with Crippen molar-refractivity contribution in [3.63, 3.8) is 0 Å². The Hall–Kier alpha value is -0.590. The lowest BCUT2D eigenvalue weighted by Crippen LogP contribution is -2.02. The number of hydrogen-bond donors (Lipinski definition) is 0. The van der Waals surface area contributed by atoms with E-state index in [2.05, 4.69) is 0 Å². The molecular formula is C7H10O. The first-order chi connectivity index (χ1) is 3.75. The molecule has 0 heterocycles. The Kier molecular flexibility index (Phi) is 0.999. The Labute approximate surface area is 49.4 Å². The van der Waals surface area contributed by atoms with E-state index >= 15 is 0 Å². The lowest BCUT2D eigenvalue weighted by Gasteiger charge is -2.01. The van der Waals surface area contributed by atoms with Crippen molar-refractivity contribution in [2.45, 2.75) is 20.3 Å². The number of aldehydes is 1.